The van der Waals surface area contributed by atoms with Gasteiger partial charge >= 0.3 is 6.03 Å². The molecule has 0 aromatic carbocycles. The lowest BCUT2D eigenvalue weighted by Gasteiger charge is -2.30. The molecule has 4 amide bonds. The summed E-state index contributed by atoms with van der Waals surface area (Å²) in [4.78, 5) is 37.9. The third-order valence-electron chi connectivity index (χ3n) is 5.46. The van der Waals surface area contributed by atoms with Gasteiger partial charge in [0, 0.05) is 6.04 Å². The van der Waals surface area contributed by atoms with Crippen LogP contribution in [0.2, 0.25) is 0 Å². The molecule has 0 aromatic heterocycles. The van der Waals surface area contributed by atoms with Gasteiger partial charge in [-0.2, -0.15) is 0 Å². The lowest BCUT2D eigenvalue weighted by molar-refractivity contribution is -0.135. The molecule has 3 fully saturated rings. The molecule has 0 bridgehead atoms. The summed E-state index contributed by atoms with van der Waals surface area (Å²) in [6.07, 6.45) is 7.72. The average Bonchev–Trinajstić information content (AvgIpc) is 3.03. The molecule has 2 aliphatic carbocycles. The second-order valence-corrected chi connectivity index (χ2v) is 7.05. The van der Waals surface area contributed by atoms with Crippen LogP contribution in [0.15, 0.2) is 0 Å². The van der Waals surface area contributed by atoms with Crippen molar-refractivity contribution >= 4 is 17.8 Å². The van der Waals surface area contributed by atoms with Crippen molar-refractivity contribution in [3.05, 3.63) is 0 Å². The Hall–Kier alpha value is -1.59. The predicted octanol–water partition coefficient (Wildman–Crippen LogP) is 1.55. The summed E-state index contributed by atoms with van der Waals surface area (Å²) >= 11 is 0. The van der Waals surface area contributed by atoms with Crippen molar-refractivity contribution in [1.82, 2.24) is 15.5 Å². The maximum absolute atomic E-state index is 12.5. The van der Waals surface area contributed by atoms with E-state index in [4.69, 9.17) is 0 Å². The molecular weight excluding hydrogens is 282 g/mol. The number of hydrogen-bond acceptors (Lipinski definition) is 3. The minimum Gasteiger partial charge on any atom is -0.352 e. The van der Waals surface area contributed by atoms with E-state index in [0.717, 1.165) is 37.0 Å². The molecule has 6 heteroatoms. The lowest BCUT2D eigenvalue weighted by atomic mass is 9.86. The number of hydrogen-bond donors (Lipinski definition) is 2. The topological polar surface area (TPSA) is 78.5 Å². The van der Waals surface area contributed by atoms with Gasteiger partial charge in [0.15, 0.2) is 0 Å². The summed E-state index contributed by atoms with van der Waals surface area (Å²) in [5.41, 5.74) is -0.727. The van der Waals surface area contributed by atoms with Gasteiger partial charge in [-0.05, 0) is 31.6 Å². The monoisotopic (exact) mass is 307 g/mol. The van der Waals surface area contributed by atoms with Crippen LogP contribution in [0.1, 0.15) is 58.3 Å². The molecule has 22 heavy (non-hydrogen) atoms. The summed E-state index contributed by atoms with van der Waals surface area (Å²) in [6, 6.07) is -0.249. The van der Waals surface area contributed by atoms with E-state index in [1.807, 2.05) is 0 Å². The van der Waals surface area contributed by atoms with Crippen molar-refractivity contribution in [3.8, 4) is 0 Å². The summed E-state index contributed by atoms with van der Waals surface area (Å²) in [7, 11) is 0. The second kappa shape index (κ2) is 5.89. The number of nitrogens with zero attached hydrogens (tertiary/aromatic N) is 1. The van der Waals surface area contributed by atoms with Crippen LogP contribution in [0.5, 0.6) is 0 Å². The van der Waals surface area contributed by atoms with E-state index in [9.17, 15) is 14.4 Å². The highest BCUT2D eigenvalue weighted by Gasteiger charge is 2.52. The van der Waals surface area contributed by atoms with Crippen LogP contribution in [-0.4, -0.2) is 40.9 Å². The molecule has 3 rings (SSSR count). The fraction of sp³-hybridized carbons (Fsp3) is 0.812. The molecule has 1 spiro atoms. The highest BCUT2D eigenvalue weighted by atomic mass is 16.2. The molecule has 6 nitrogen and oxygen atoms in total. The Morgan fingerprint density at radius 2 is 1.91 bits per heavy atom. The minimum atomic E-state index is -0.727. The standard InChI is InChI=1S/C16H25N3O3/c1-11-6-2-3-7-12(11)17-13(20)10-19-14(21)16(18-15(19)22)8-4-5-9-16/h11-12H,2-10H2,1H3,(H,17,20)(H,18,22)/t11-,12+/m1/s1. The first-order chi connectivity index (χ1) is 10.5. The van der Waals surface area contributed by atoms with Gasteiger partial charge in [0.1, 0.15) is 12.1 Å². The smallest absolute Gasteiger partial charge is 0.325 e. The molecule has 1 heterocycles. The Labute approximate surface area is 131 Å². The van der Waals surface area contributed by atoms with Crippen LogP contribution in [0, 0.1) is 5.92 Å². The second-order valence-electron chi connectivity index (χ2n) is 7.05. The highest BCUT2D eigenvalue weighted by molar-refractivity contribution is 6.09. The van der Waals surface area contributed by atoms with E-state index in [1.165, 1.54) is 6.42 Å². The largest absolute Gasteiger partial charge is 0.352 e. The van der Waals surface area contributed by atoms with Crippen LogP contribution >= 0.6 is 0 Å². The van der Waals surface area contributed by atoms with E-state index in [0.29, 0.717) is 18.8 Å². The van der Waals surface area contributed by atoms with Gasteiger partial charge in [0.2, 0.25) is 5.91 Å². The van der Waals surface area contributed by atoms with Gasteiger partial charge in [-0.1, -0.05) is 32.6 Å². The summed E-state index contributed by atoms with van der Waals surface area (Å²) in [5.74, 6) is 0.0149. The summed E-state index contributed by atoms with van der Waals surface area (Å²) in [5, 5.41) is 5.81. The molecule has 0 aromatic rings. The Kier molecular flexibility index (Phi) is 4.10. The van der Waals surface area contributed by atoms with Crippen LogP contribution in [0.4, 0.5) is 4.79 Å². The van der Waals surface area contributed by atoms with Gasteiger partial charge in [-0.3, -0.25) is 14.5 Å². The van der Waals surface area contributed by atoms with Crippen LogP contribution in [0.25, 0.3) is 0 Å². The van der Waals surface area contributed by atoms with Crippen molar-refractivity contribution in [3.63, 3.8) is 0 Å². The van der Waals surface area contributed by atoms with Crippen molar-refractivity contribution in [1.29, 1.82) is 0 Å². The van der Waals surface area contributed by atoms with Gasteiger partial charge < -0.3 is 10.6 Å². The van der Waals surface area contributed by atoms with E-state index in [2.05, 4.69) is 17.6 Å². The minimum absolute atomic E-state index is 0.157. The zero-order chi connectivity index (χ0) is 15.7. The normalized spacial score (nSPS) is 30.7. The van der Waals surface area contributed by atoms with E-state index >= 15 is 0 Å². The molecule has 2 N–H and O–H groups in total. The molecule has 2 saturated carbocycles. The van der Waals surface area contributed by atoms with Gasteiger partial charge in [-0.25, -0.2) is 4.79 Å². The van der Waals surface area contributed by atoms with Crippen molar-refractivity contribution in [2.75, 3.05) is 6.54 Å². The van der Waals surface area contributed by atoms with Gasteiger partial charge in [0.05, 0.1) is 0 Å². The Morgan fingerprint density at radius 3 is 2.59 bits per heavy atom. The number of carbonyl (C=O) groups is 3. The Bertz CT molecular complexity index is 485. The number of imide groups is 1. The first kappa shape index (κ1) is 15.3. The van der Waals surface area contributed by atoms with Crippen LogP contribution in [0.3, 0.4) is 0 Å². The number of nitrogens with one attached hydrogen (secondary N) is 2. The van der Waals surface area contributed by atoms with E-state index in [-0.39, 0.29) is 24.4 Å². The molecule has 0 unspecified atom stereocenters. The van der Waals surface area contributed by atoms with Gasteiger partial charge in [0.25, 0.3) is 5.91 Å². The summed E-state index contributed by atoms with van der Waals surface area (Å²) in [6.45, 7) is 1.99. The molecule has 2 atom stereocenters. The average molecular weight is 307 g/mol. The third-order valence-corrected chi connectivity index (χ3v) is 5.46. The number of carbonyl (C=O) groups excluding carboxylic acids is 3. The molecule has 122 valence electrons. The van der Waals surface area contributed by atoms with Crippen molar-refractivity contribution in [2.45, 2.75) is 69.9 Å². The highest BCUT2D eigenvalue weighted by Crippen LogP contribution is 2.34. The maximum Gasteiger partial charge on any atom is 0.325 e. The van der Waals surface area contributed by atoms with E-state index in [1.54, 1.807) is 0 Å². The molecule has 0 radical (unpaired) electrons. The Balaban J connectivity index is 1.59. The van der Waals surface area contributed by atoms with Crippen molar-refractivity contribution in [2.24, 2.45) is 5.92 Å². The SMILES string of the molecule is C[C@@H]1CCCC[C@@H]1NC(=O)CN1C(=O)NC2(CCCC2)C1=O. The number of rotatable bonds is 3. The molecular formula is C16H25N3O3. The zero-order valence-corrected chi connectivity index (χ0v) is 13.2. The third kappa shape index (κ3) is 2.71. The first-order valence-electron chi connectivity index (χ1n) is 8.45. The summed E-state index contributed by atoms with van der Waals surface area (Å²) < 4.78 is 0. The molecule has 3 aliphatic rings. The number of urea groups is 1. The van der Waals surface area contributed by atoms with Gasteiger partial charge in [-0.15, -0.1) is 0 Å². The molecule has 1 aliphatic heterocycles. The predicted molar refractivity (Wildman–Crippen MR) is 81.0 cm³/mol. The molecule has 1 saturated heterocycles. The van der Waals surface area contributed by atoms with Crippen LogP contribution < -0.4 is 10.6 Å². The fourth-order valence-electron chi connectivity index (χ4n) is 4.06. The maximum atomic E-state index is 12.5. The van der Waals surface area contributed by atoms with E-state index < -0.39 is 11.6 Å². The van der Waals surface area contributed by atoms with Crippen molar-refractivity contribution < 1.29 is 14.4 Å². The fourth-order valence-corrected chi connectivity index (χ4v) is 4.06. The van der Waals surface area contributed by atoms with Crippen LogP contribution in [-0.2, 0) is 9.59 Å². The quantitative estimate of drug-likeness (QED) is 0.776. The number of amides is 4. The first-order valence-corrected chi connectivity index (χ1v) is 8.45. The zero-order valence-electron chi connectivity index (χ0n) is 13.2. The Morgan fingerprint density at radius 1 is 1.23 bits per heavy atom. The lowest BCUT2D eigenvalue weighted by Crippen LogP contribution is -2.48.